The molecule has 0 radical (unpaired) electrons. The third-order valence-corrected chi connectivity index (χ3v) is 3.13. The number of hydrogen-bond acceptors (Lipinski definition) is 2. The van der Waals surface area contributed by atoms with Crippen molar-refractivity contribution in [3.05, 3.63) is 0 Å². The van der Waals surface area contributed by atoms with E-state index in [1.165, 1.54) is 0 Å². The van der Waals surface area contributed by atoms with Gasteiger partial charge in [-0.25, -0.2) is 4.39 Å². The van der Waals surface area contributed by atoms with Gasteiger partial charge in [-0.3, -0.25) is 9.80 Å². The standard InChI is InChI=1S/C11H23FN2/c1-9(2)13-5-6-14(10(3)4)11(7-12)8-13/h9-11H,5-8H2,1-4H3/t11-/m1/s1. The van der Waals surface area contributed by atoms with Gasteiger partial charge in [0.1, 0.15) is 6.67 Å². The molecular weight excluding hydrogens is 179 g/mol. The van der Waals surface area contributed by atoms with Crippen molar-refractivity contribution in [2.45, 2.75) is 45.8 Å². The SMILES string of the molecule is CC(C)N1CCN(C(C)C)[C@H](CF)C1. The Morgan fingerprint density at radius 2 is 1.79 bits per heavy atom. The Morgan fingerprint density at radius 3 is 2.21 bits per heavy atom. The van der Waals surface area contributed by atoms with Crippen LogP contribution in [0.15, 0.2) is 0 Å². The van der Waals surface area contributed by atoms with Crippen LogP contribution in [0.4, 0.5) is 4.39 Å². The van der Waals surface area contributed by atoms with Gasteiger partial charge in [0.25, 0.3) is 0 Å². The minimum atomic E-state index is -0.221. The molecule has 0 aromatic heterocycles. The molecule has 1 atom stereocenters. The van der Waals surface area contributed by atoms with Gasteiger partial charge >= 0.3 is 0 Å². The Kier molecular flexibility index (Phi) is 4.32. The van der Waals surface area contributed by atoms with Gasteiger partial charge in [0, 0.05) is 31.7 Å². The molecule has 1 heterocycles. The Labute approximate surface area is 87.1 Å². The summed E-state index contributed by atoms with van der Waals surface area (Å²) in [5.41, 5.74) is 0. The number of piperazine rings is 1. The predicted octanol–water partition coefficient (Wildman–Crippen LogP) is 1.76. The van der Waals surface area contributed by atoms with E-state index in [1.54, 1.807) is 0 Å². The van der Waals surface area contributed by atoms with Crippen molar-refractivity contribution in [2.24, 2.45) is 0 Å². The molecule has 0 spiro atoms. The molecule has 0 aliphatic carbocycles. The molecular formula is C11H23FN2. The number of alkyl halides is 1. The molecule has 0 bridgehead atoms. The minimum absolute atomic E-state index is 0.103. The second-order valence-corrected chi connectivity index (χ2v) is 4.73. The average Bonchev–Trinajstić information content (AvgIpc) is 2.16. The minimum Gasteiger partial charge on any atom is -0.298 e. The molecule has 0 unspecified atom stereocenters. The van der Waals surface area contributed by atoms with Crippen molar-refractivity contribution in [1.29, 1.82) is 0 Å². The zero-order chi connectivity index (χ0) is 10.7. The van der Waals surface area contributed by atoms with Crippen LogP contribution in [-0.2, 0) is 0 Å². The van der Waals surface area contributed by atoms with Crippen LogP contribution in [0.3, 0.4) is 0 Å². The molecule has 1 aliphatic rings. The summed E-state index contributed by atoms with van der Waals surface area (Å²) in [6, 6.07) is 1.11. The van der Waals surface area contributed by atoms with Gasteiger partial charge in [0.2, 0.25) is 0 Å². The monoisotopic (exact) mass is 202 g/mol. The molecule has 1 fully saturated rings. The van der Waals surface area contributed by atoms with E-state index in [9.17, 15) is 4.39 Å². The Balaban J connectivity index is 2.54. The maximum absolute atomic E-state index is 12.9. The zero-order valence-electron chi connectivity index (χ0n) is 9.83. The summed E-state index contributed by atoms with van der Waals surface area (Å²) in [5.74, 6) is 0. The molecule has 0 aromatic carbocycles. The highest BCUT2D eigenvalue weighted by Crippen LogP contribution is 2.15. The van der Waals surface area contributed by atoms with Gasteiger partial charge in [-0.15, -0.1) is 0 Å². The van der Waals surface area contributed by atoms with E-state index < -0.39 is 0 Å². The molecule has 0 N–H and O–H groups in total. The number of halogens is 1. The molecule has 0 amide bonds. The van der Waals surface area contributed by atoms with Gasteiger partial charge < -0.3 is 0 Å². The lowest BCUT2D eigenvalue weighted by Crippen LogP contribution is -2.57. The van der Waals surface area contributed by atoms with Crippen LogP contribution in [0.5, 0.6) is 0 Å². The third-order valence-electron chi connectivity index (χ3n) is 3.13. The lowest BCUT2D eigenvalue weighted by atomic mass is 10.1. The number of nitrogens with zero attached hydrogens (tertiary/aromatic N) is 2. The predicted molar refractivity (Wildman–Crippen MR) is 58.3 cm³/mol. The van der Waals surface area contributed by atoms with Crippen molar-refractivity contribution >= 4 is 0 Å². The highest BCUT2D eigenvalue weighted by molar-refractivity contribution is 4.84. The third kappa shape index (κ3) is 2.67. The first-order valence-corrected chi connectivity index (χ1v) is 5.62. The van der Waals surface area contributed by atoms with E-state index in [2.05, 4.69) is 37.5 Å². The fraction of sp³-hybridized carbons (Fsp3) is 1.00. The van der Waals surface area contributed by atoms with Crippen LogP contribution in [-0.4, -0.2) is 54.2 Å². The normalized spacial score (nSPS) is 26.4. The summed E-state index contributed by atoms with van der Waals surface area (Å²) in [6.07, 6.45) is 0. The summed E-state index contributed by atoms with van der Waals surface area (Å²) in [5, 5.41) is 0. The fourth-order valence-electron chi connectivity index (χ4n) is 2.18. The Morgan fingerprint density at radius 1 is 1.14 bits per heavy atom. The van der Waals surface area contributed by atoms with E-state index in [0.717, 1.165) is 19.6 Å². The van der Waals surface area contributed by atoms with Crippen LogP contribution in [0.25, 0.3) is 0 Å². The average molecular weight is 202 g/mol. The van der Waals surface area contributed by atoms with Crippen LogP contribution in [0.2, 0.25) is 0 Å². The quantitative estimate of drug-likeness (QED) is 0.688. The smallest absolute Gasteiger partial charge is 0.106 e. The topological polar surface area (TPSA) is 6.48 Å². The van der Waals surface area contributed by atoms with Crippen molar-refractivity contribution in [3.8, 4) is 0 Å². The summed E-state index contributed by atoms with van der Waals surface area (Å²) in [4.78, 5) is 4.64. The number of hydrogen-bond donors (Lipinski definition) is 0. The molecule has 1 saturated heterocycles. The van der Waals surface area contributed by atoms with Crippen LogP contribution in [0, 0.1) is 0 Å². The summed E-state index contributed by atoms with van der Waals surface area (Å²) in [6.45, 7) is 11.4. The molecule has 3 heteroatoms. The van der Waals surface area contributed by atoms with Gasteiger partial charge in [0.15, 0.2) is 0 Å². The molecule has 1 aliphatic heterocycles. The van der Waals surface area contributed by atoms with Crippen LogP contribution < -0.4 is 0 Å². The van der Waals surface area contributed by atoms with Gasteiger partial charge in [0.05, 0.1) is 6.04 Å². The second kappa shape index (κ2) is 5.08. The summed E-state index contributed by atoms with van der Waals surface area (Å²) < 4.78 is 12.9. The second-order valence-electron chi connectivity index (χ2n) is 4.73. The highest BCUT2D eigenvalue weighted by atomic mass is 19.1. The van der Waals surface area contributed by atoms with Crippen molar-refractivity contribution in [2.75, 3.05) is 26.3 Å². The van der Waals surface area contributed by atoms with Crippen molar-refractivity contribution < 1.29 is 4.39 Å². The zero-order valence-corrected chi connectivity index (χ0v) is 9.83. The van der Waals surface area contributed by atoms with Gasteiger partial charge in [-0.1, -0.05) is 0 Å². The fourth-order valence-corrected chi connectivity index (χ4v) is 2.18. The Hall–Kier alpha value is -0.150. The lowest BCUT2D eigenvalue weighted by molar-refractivity contribution is 0.0252. The van der Waals surface area contributed by atoms with E-state index >= 15 is 0 Å². The molecule has 2 nitrogen and oxygen atoms in total. The molecule has 0 aromatic rings. The molecule has 14 heavy (non-hydrogen) atoms. The largest absolute Gasteiger partial charge is 0.298 e. The first-order valence-electron chi connectivity index (χ1n) is 5.62. The Bertz CT molecular complexity index is 171. The van der Waals surface area contributed by atoms with Crippen LogP contribution in [0.1, 0.15) is 27.7 Å². The van der Waals surface area contributed by atoms with Gasteiger partial charge in [-0.2, -0.15) is 0 Å². The molecule has 0 saturated carbocycles. The summed E-state index contributed by atoms with van der Waals surface area (Å²) >= 11 is 0. The first-order chi connectivity index (χ1) is 6.56. The summed E-state index contributed by atoms with van der Waals surface area (Å²) in [7, 11) is 0. The molecule has 1 rings (SSSR count). The maximum atomic E-state index is 12.9. The molecule has 84 valence electrons. The van der Waals surface area contributed by atoms with E-state index in [-0.39, 0.29) is 12.7 Å². The first kappa shape index (κ1) is 11.9. The van der Waals surface area contributed by atoms with Crippen molar-refractivity contribution in [3.63, 3.8) is 0 Å². The van der Waals surface area contributed by atoms with Crippen LogP contribution >= 0.6 is 0 Å². The lowest BCUT2D eigenvalue weighted by Gasteiger charge is -2.43. The highest BCUT2D eigenvalue weighted by Gasteiger charge is 2.29. The van der Waals surface area contributed by atoms with E-state index in [0.29, 0.717) is 12.1 Å². The maximum Gasteiger partial charge on any atom is 0.106 e. The number of rotatable bonds is 3. The van der Waals surface area contributed by atoms with Gasteiger partial charge in [-0.05, 0) is 27.7 Å². The van der Waals surface area contributed by atoms with E-state index in [1.807, 2.05) is 0 Å². The van der Waals surface area contributed by atoms with E-state index in [4.69, 9.17) is 0 Å². The van der Waals surface area contributed by atoms with Crippen molar-refractivity contribution in [1.82, 2.24) is 9.80 Å².